The molecule has 9 heteroatoms. The molecule has 2 aromatic rings. The topological polar surface area (TPSA) is 100 Å². The van der Waals surface area contributed by atoms with Crippen LogP contribution in [-0.4, -0.2) is 44.3 Å². The summed E-state index contributed by atoms with van der Waals surface area (Å²) in [5.41, 5.74) is 1.83. The number of aryl methyl sites for hydroxylation is 1. The number of carbonyl (C=O) groups excluding carboxylic acids is 3. The predicted molar refractivity (Wildman–Crippen MR) is 115 cm³/mol. The van der Waals surface area contributed by atoms with Crippen molar-refractivity contribution < 1.29 is 33.3 Å². The van der Waals surface area contributed by atoms with Crippen molar-refractivity contribution in [1.29, 1.82) is 0 Å². The average Bonchev–Trinajstić information content (AvgIpc) is 3.07. The van der Waals surface area contributed by atoms with Crippen LogP contribution in [0.1, 0.15) is 40.2 Å². The van der Waals surface area contributed by atoms with E-state index in [1.54, 1.807) is 25.1 Å². The van der Waals surface area contributed by atoms with Gasteiger partial charge < -0.3 is 24.3 Å². The maximum Gasteiger partial charge on any atom is 0.341 e. The van der Waals surface area contributed by atoms with Gasteiger partial charge in [-0.25, -0.2) is 4.79 Å². The van der Waals surface area contributed by atoms with Crippen LogP contribution in [0.15, 0.2) is 18.2 Å². The van der Waals surface area contributed by atoms with Crippen LogP contribution in [0, 0.1) is 6.92 Å². The molecule has 2 heterocycles. The molecule has 166 valence electrons. The summed E-state index contributed by atoms with van der Waals surface area (Å²) in [6, 6.07) is 5.22. The number of ether oxygens (including phenoxy) is 4. The van der Waals surface area contributed by atoms with Gasteiger partial charge in [-0.2, -0.15) is 0 Å². The molecule has 0 unspecified atom stereocenters. The number of anilines is 1. The van der Waals surface area contributed by atoms with Crippen LogP contribution in [0.3, 0.4) is 0 Å². The molecule has 0 saturated carbocycles. The van der Waals surface area contributed by atoms with E-state index in [1.807, 2.05) is 13.8 Å². The highest BCUT2D eigenvalue weighted by atomic mass is 32.1. The van der Waals surface area contributed by atoms with Crippen molar-refractivity contribution >= 4 is 34.2 Å². The van der Waals surface area contributed by atoms with Gasteiger partial charge in [0.25, 0.3) is 5.91 Å². The van der Waals surface area contributed by atoms with Crippen LogP contribution < -0.4 is 14.8 Å². The molecule has 1 aromatic heterocycles. The number of thiophene rings is 1. The third-order valence-corrected chi connectivity index (χ3v) is 5.97. The summed E-state index contributed by atoms with van der Waals surface area (Å²) in [4.78, 5) is 37.8. The standard InChI is InChI=1S/C22H25NO7S/c1-4-17-13(3)20(22(26)27-5-2)21(31-17)23-18(24)12-30-19(25)11-14-6-7-15-16(10-14)29-9-8-28-15/h6-7,10H,4-5,8-9,11-12H2,1-3H3,(H,23,24). The molecule has 0 spiro atoms. The Kier molecular flexibility index (Phi) is 7.51. The van der Waals surface area contributed by atoms with Gasteiger partial charge in [-0.05, 0) is 43.5 Å². The van der Waals surface area contributed by atoms with Gasteiger partial charge in [0.05, 0.1) is 18.6 Å². The number of amides is 1. The molecule has 3 rings (SSSR count). The lowest BCUT2D eigenvalue weighted by Gasteiger charge is -2.18. The number of esters is 2. The van der Waals surface area contributed by atoms with Crippen molar-refractivity contribution in [2.24, 2.45) is 0 Å². The van der Waals surface area contributed by atoms with E-state index in [-0.39, 0.29) is 13.0 Å². The minimum Gasteiger partial charge on any atom is -0.486 e. The molecule has 1 aliphatic rings. The highest BCUT2D eigenvalue weighted by molar-refractivity contribution is 7.17. The fraction of sp³-hybridized carbons (Fsp3) is 0.409. The fourth-order valence-electron chi connectivity index (χ4n) is 3.16. The van der Waals surface area contributed by atoms with Crippen LogP contribution >= 0.6 is 11.3 Å². The van der Waals surface area contributed by atoms with Crippen molar-refractivity contribution in [3.8, 4) is 11.5 Å². The Balaban J connectivity index is 1.57. The number of rotatable bonds is 8. The quantitative estimate of drug-likeness (QED) is 0.620. The first-order valence-corrected chi connectivity index (χ1v) is 10.9. The van der Waals surface area contributed by atoms with Gasteiger partial charge in [0.2, 0.25) is 0 Å². The highest BCUT2D eigenvalue weighted by Crippen LogP contribution is 2.34. The van der Waals surface area contributed by atoms with Crippen LogP contribution in [0.25, 0.3) is 0 Å². The second-order valence-corrected chi connectivity index (χ2v) is 7.90. The zero-order valence-corrected chi connectivity index (χ0v) is 18.6. The summed E-state index contributed by atoms with van der Waals surface area (Å²) in [5.74, 6) is -0.334. The van der Waals surface area contributed by atoms with Gasteiger partial charge in [-0.3, -0.25) is 9.59 Å². The van der Waals surface area contributed by atoms with E-state index in [0.29, 0.717) is 40.8 Å². The van der Waals surface area contributed by atoms with E-state index in [0.717, 1.165) is 16.9 Å². The number of carbonyl (C=O) groups is 3. The maximum atomic E-state index is 12.3. The highest BCUT2D eigenvalue weighted by Gasteiger charge is 2.23. The summed E-state index contributed by atoms with van der Waals surface area (Å²) >= 11 is 1.32. The van der Waals surface area contributed by atoms with E-state index >= 15 is 0 Å². The summed E-state index contributed by atoms with van der Waals surface area (Å²) in [6.45, 7) is 6.25. The van der Waals surface area contributed by atoms with Crippen molar-refractivity contribution in [3.63, 3.8) is 0 Å². The van der Waals surface area contributed by atoms with Crippen molar-refractivity contribution in [3.05, 3.63) is 39.8 Å². The number of hydrogen-bond acceptors (Lipinski definition) is 8. The molecule has 1 amide bonds. The molecular weight excluding hydrogens is 422 g/mol. The first-order chi connectivity index (χ1) is 14.9. The molecule has 8 nitrogen and oxygen atoms in total. The lowest BCUT2D eigenvalue weighted by molar-refractivity contribution is -0.146. The Hall–Kier alpha value is -3.07. The average molecular weight is 448 g/mol. The fourth-order valence-corrected chi connectivity index (χ4v) is 4.31. The predicted octanol–water partition coefficient (Wildman–Crippen LogP) is 3.29. The Morgan fingerprint density at radius 2 is 1.84 bits per heavy atom. The third-order valence-electron chi connectivity index (χ3n) is 4.62. The van der Waals surface area contributed by atoms with Gasteiger partial charge in [-0.15, -0.1) is 11.3 Å². The SMILES string of the molecule is CCOC(=O)c1c(NC(=O)COC(=O)Cc2ccc3c(c2)OCCO3)sc(CC)c1C. The van der Waals surface area contributed by atoms with E-state index in [4.69, 9.17) is 18.9 Å². The monoisotopic (exact) mass is 447 g/mol. The number of nitrogens with one attached hydrogen (secondary N) is 1. The van der Waals surface area contributed by atoms with Crippen LogP contribution in [0.4, 0.5) is 5.00 Å². The normalized spacial score (nSPS) is 12.2. The minimum absolute atomic E-state index is 0.00388. The Morgan fingerprint density at radius 1 is 1.10 bits per heavy atom. The Morgan fingerprint density at radius 3 is 2.55 bits per heavy atom. The van der Waals surface area contributed by atoms with E-state index in [9.17, 15) is 14.4 Å². The van der Waals surface area contributed by atoms with Crippen LogP contribution in [0.2, 0.25) is 0 Å². The van der Waals surface area contributed by atoms with Crippen molar-refractivity contribution in [1.82, 2.24) is 0 Å². The molecule has 0 bridgehead atoms. The van der Waals surface area contributed by atoms with Gasteiger partial charge in [0.1, 0.15) is 18.2 Å². The molecule has 0 atom stereocenters. The molecular formula is C22H25NO7S. The van der Waals surface area contributed by atoms with Crippen LogP contribution in [-0.2, 0) is 31.9 Å². The summed E-state index contributed by atoms with van der Waals surface area (Å²) in [5, 5.41) is 3.07. The molecule has 0 saturated heterocycles. The Bertz CT molecular complexity index is 982. The second-order valence-electron chi connectivity index (χ2n) is 6.79. The van der Waals surface area contributed by atoms with E-state index in [1.165, 1.54) is 11.3 Å². The van der Waals surface area contributed by atoms with Gasteiger partial charge in [0.15, 0.2) is 18.1 Å². The summed E-state index contributed by atoms with van der Waals surface area (Å²) in [6.07, 6.45) is 0.722. The molecule has 1 aromatic carbocycles. The lowest BCUT2D eigenvalue weighted by atomic mass is 10.1. The van der Waals surface area contributed by atoms with E-state index < -0.39 is 24.5 Å². The first kappa shape index (κ1) is 22.6. The van der Waals surface area contributed by atoms with Crippen molar-refractivity contribution in [2.45, 2.75) is 33.6 Å². The van der Waals surface area contributed by atoms with Gasteiger partial charge in [-0.1, -0.05) is 13.0 Å². The van der Waals surface area contributed by atoms with Crippen molar-refractivity contribution in [2.75, 3.05) is 31.7 Å². The largest absolute Gasteiger partial charge is 0.486 e. The molecule has 0 aliphatic carbocycles. The maximum absolute atomic E-state index is 12.3. The number of fused-ring (bicyclic) bond motifs is 1. The summed E-state index contributed by atoms with van der Waals surface area (Å²) < 4.78 is 21.2. The first-order valence-electron chi connectivity index (χ1n) is 10.1. The smallest absolute Gasteiger partial charge is 0.341 e. The third kappa shape index (κ3) is 5.55. The molecule has 1 aliphatic heterocycles. The van der Waals surface area contributed by atoms with Gasteiger partial charge in [0, 0.05) is 4.88 Å². The van der Waals surface area contributed by atoms with Crippen LogP contribution in [0.5, 0.6) is 11.5 Å². The Labute approximate surface area is 184 Å². The zero-order chi connectivity index (χ0) is 22.4. The summed E-state index contributed by atoms with van der Waals surface area (Å²) in [7, 11) is 0. The lowest BCUT2D eigenvalue weighted by Crippen LogP contribution is -2.22. The molecule has 0 fully saturated rings. The zero-order valence-electron chi connectivity index (χ0n) is 17.7. The molecule has 31 heavy (non-hydrogen) atoms. The second kappa shape index (κ2) is 10.3. The van der Waals surface area contributed by atoms with E-state index in [2.05, 4.69) is 5.32 Å². The number of benzene rings is 1. The number of hydrogen-bond donors (Lipinski definition) is 1. The molecule has 0 radical (unpaired) electrons. The minimum atomic E-state index is -0.547. The molecule has 1 N–H and O–H groups in total. The van der Waals surface area contributed by atoms with Gasteiger partial charge >= 0.3 is 11.9 Å².